The van der Waals surface area contributed by atoms with E-state index in [4.69, 9.17) is 25.8 Å². The number of nitrogens with one attached hydrogen (secondary N) is 1. The lowest BCUT2D eigenvalue weighted by Crippen LogP contribution is -2.36. The monoisotopic (exact) mass is 596 g/mol. The number of amides is 3. The van der Waals surface area contributed by atoms with Crippen molar-refractivity contribution in [2.24, 2.45) is 0 Å². The summed E-state index contributed by atoms with van der Waals surface area (Å²) in [4.78, 5) is 50.3. The molecule has 0 atom stereocenters. The first-order chi connectivity index (χ1) is 17.1. The summed E-state index contributed by atoms with van der Waals surface area (Å²) in [5, 5.41) is 2.55. The second-order valence-electron chi connectivity index (χ2n) is 7.41. The summed E-state index contributed by atoms with van der Waals surface area (Å²) in [7, 11) is 1.43. The van der Waals surface area contributed by atoms with Gasteiger partial charge in [0, 0.05) is 10.7 Å². The molecule has 0 bridgehead atoms. The fourth-order valence-corrected chi connectivity index (χ4v) is 4.69. The van der Waals surface area contributed by atoms with Crippen LogP contribution in [0.4, 0.5) is 10.5 Å². The number of thioether (sulfide) groups is 1. The van der Waals surface area contributed by atoms with Crippen molar-refractivity contribution in [2.45, 2.75) is 13.8 Å². The molecule has 12 heteroatoms. The van der Waals surface area contributed by atoms with E-state index in [1.165, 1.54) is 13.2 Å². The molecule has 3 rings (SSSR count). The molecule has 9 nitrogen and oxygen atoms in total. The van der Waals surface area contributed by atoms with E-state index in [1.807, 2.05) is 6.92 Å². The third-order valence-corrected chi connectivity index (χ3v) is 6.72. The smallest absolute Gasteiger partial charge is 0.344 e. The molecule has 0 aliphatic carbocycles. The van der Waals surface area contributed by atoms with Gasteiger partial charge in [-0.05, 0) is 83.0 Å². The number of imide groups is 1. The molecule has 1 N–H and O–H groups in total. The van der Waals surface area contributed by atoms with Crippen LogP contribution in [-0.4, -0.2) is 54.8 Å². The van der Waals surface area contributed by atoms with Crippen molar-refractivity contribution >= 4 is 74.1 Å². The van der Waals surface area contributed by atoms with Crippen LogP contribution in [0.3, 0.4) is 0 Å². The molecule has 190 valence electrons. The molecule has 0 saturated carbocycles. The number of carbonyl (C=O) groups excluding carboxylic acids is 4. The van der Waals surface area contributed by atoms with Gasteiger partial charge in [-0.3, -0.25) is 19.3 Å². The number of esters is 1. The van der Waals surface area contributed by atoms with Gasteiger partial charge in [-0.25, -0.2) is 4.79 Å². The van der Waals surface area contributed by atoms with Gasteiger partial charge in [0.2, 0.25) is 5.91 Å². The van der Waals surface area contributed by atoms with Crippen molar-refractivity contribution < 1.29 is 33.4 Å². The predicted octanol–water partition coefficient (Wildman–Crippen LogP) is 5.04. The summed E-state index contributed by atoms with van der Waals surface area (Å²) in [6.07, 6.45) is 1.50. The van der Waals surface area contributed by atoms with Crippen LogP contribution in [0.1, 0.15) is 18.1 Å². The van der Waals surface area contributed by atoms with Gasteiger partial charge in [-0.15, -0.1) is 0 Å². The van der Waals surface area contributed by atoms with Gasteiger partial charge in [-0.1, -0.05) is 17.7 Å². The first kappa shape index (κ1) is 27.6. The van der Waals surface area contributed by atoms with Crippen LogP contribution in [0.5, 0.6) is 11.5 Å². The number of benzene rings is 2. The first-order valence-corrected chi connectivity index (χ1v) is 12.6. The molecular weight excluding hydrogens is 576 g/mol. The van der Waals surface area contributed by atoms with Crippen LogP contribution in [-0.2, 0) is 19.1 Å². The molecule has 0 spiro atoms. The number of anilines is 1. The van der Waals surface area contributed by atoms with E-state index in [0.29, 0.717) is 26.5 Å². The maximum Gasteiger partial charge on any atom is 0.344 e. The summed E-state index contributed by atoms with van der Waals surface area (Å²) in [6, 6.07) is 8.25. The minimum Gasteiger partial charge on any atom is -0.493 e. The average Bonchev–Trinajstić information content (AvgIpc) is 3.07. The van der Waals surface area contributed by atoms with Crippen LogP contribution < -0.4 is 14.8 Å². The van der Waals surface area contributed by atoms with E-state index in [-0.39, 0.29) is 23.9 Å². The lowest BCUT2D eigenvalue weighted by atomic mass is 10.2. The molecule has 1 fully saturated rings. The number of halogens is 2. The highest BCUT2D eigenvalue weighted by atomic mass is 79.9. The van der Waals surface area contributed by atoms with Crippen LogP contribution in [0.25, 0.3) is 6.08 Å². The van der Waals surface area contributed by atoms with E-state index in [0.717, 1.165) is 22.2 Å². The maximum absolute atomic E-state index is 12.8. The van der Waals surface area contributed by atoms with Gasteiger partial charge in [-0.2, -0.15) is 0 Å². The first-order valence-electron chi connectivity index (χ1n) is 10.6. The lowest BCUT2D eigenvalue weighted by Gasteiger charge is -2.13. The summed E-state index contributed by atoms with van der Waals surface area (Å²) < 4.78 is 16.2. The molecule has 1 aliphatic heterocycles. The highest BCUT2D eigenvalue weighted by Gasteiger charge is 2.36. The Morgan fingerprint density at radius 2 is 1.97 bits per heavy atom. The lowest BCUT2D eigenvalue weighted by molar-refractivity contribution is -0.145. The summed E-state index contributed by atoms with van der Waals surface area (Å²) in [5.74, 6) is -1.08. The third-order valence-electron chi connectivity index (χ3n) is 4.82. The number of carbonyl (C=O) groups is 4. The van der Waals surface area contributed by atoms with Crippen molar-refractivity contribution in [1.82, 2.24) is 4.90 Å². The fraction of sp³-hybridized carbons (Fsp3) is 0.250. The second-order valence-corrected chi connectivity index (χ2v) is 9.66. The maximum atomic E-state index is 12.8. The Morgan fingerprint density at radius 1 is 1.22 bits per heavy atom. The van der Waals surface area contributed by atoms with Gasteiger partial charge < -0.3 is 19.5 Å². The molecule has 1 heterocycles. The molecule has 2 aromatic rings. The Morgan fingerprint density at radius 3 is 2.64 bits per heavy atom. The second kappa shape index (κ2) is 12.3. The summed E-state index contributed by atoms with van der Waals surface area (Å²) in [6.45, 7) is 3.01. The third kappa shape index (κ3) is 6.80. The number of aryl methyl sites for hydroxylation is 1. The van der Waals surface area contributed by atoms with Crippen molar-refractivity contribution in [3.05, 3.63) is 55.9 Å². The van der Waals surface area contributed by atoms with Crippen LogP contribution >= 0.6 is 39.3 Å². The van der Waals surface area contributed by atoms with E-state index in [2.05, 4.69) is 21.2 Å². The zero-order chi connectivity index (χ0) is 26.4. The van der Waals surface area contributed by atoms with E-state index >= 15 is 0 Å². The molecule has 1 aliphatic rings. The van der Waals surface area contributed by atoms with E-state index < -0.39 is 29.6 Å². The van der Waals surface area contributed by atoms with Gasteiger partial charge in [0.25, 0.3) is 11.1 Å². The molecule has 3 amide bonds. The number of methoxy groups -OCH3 is 1. The molecule has 0 unspecified atom stereocenters. The number of hydrogen-bond donors (Lipinski definition) is 1. The van der Waals surface area contributed by atoms with E-state index in [1.54, 1.807) is 37.3 Å². The highest BCUT2D eigenvalue weighted by molar-refractivity contribution is 9.10. The molecular formula is C24H22BrClN2O7S. The minimum atomic E-state index is -0.597. The minimum absolute atomic E-state index is 0.139. The Balaban J connectivity index is 1.72. The topological polar surface area (TPSA) is 111 Å². The quantitative estimate of drug-likeness (QED) is 0.316. The van der Waals surface area contributed by atoms with Gasteiger partial charge >= 0.3 is 5.97 Å². The normalized spacial score (nSPS) is 14.2. The molecule has 1 saturated heterocycles. The number of nitrogens with zero attached hydrogens (tertiary/aromatic N) is 1. The number of hydrogen-bond acceptors (Lipinski definition) is 8. The Bertz CT molecular complexity index is 1250. The number of ether oxygens (including phenoxy) is 3. The van der Waals surface area contributed by atoms with Crippen LogP contribution in [0, 0.1) is 6.92 Å². The Hall–Kier alpha value is -3.02. The van der Waals surface area contributed by atoms with Crippen molar-refractivity contribution in [3.8, 4) is 11.5 Å². The van der Waals surface area contributed by atoms with Gasteiger partial charge in [0.1, 0.15) is 6.54 Å². The van der Waals surface area contributed by atoms with Crippen LogP contribution in [0.15, 0.2) is 39.7 Å². The Labute approximate surface area is 225 Å². The van der Waals surface area contributed by atoms with Gasteiger partial charge in [0.15, 0.2) is 18.1 Å². The highest BCUT2D eigenvalue weighted by Crippen LogP contribution is 2.39. The van der Waals surface area contributed by atoms with E-state index in [9.17, 15) is 19.2 Å². The fourth-order valence-electron chi connectivity index (χ4n) is 3.10. The molecule has 0 aromatic heterocycles. The molecule has 2 aromatic carbocycles. The van der Waals surface area contributed by atoms with Crippen molar-refractivity contribution in [1.29, 1.82) is 0 Å². The Kier molecular flexibility index (Phi) is 9.41. The van der Waals surface area contributed by atoms with Crippen molar-refractivity contribution in [2.75, 3.05) is 32.2 Å². The molecule has 0 radical (unpaired) electrons. The average molecular weight is 598 g/mol. The predicted molar refractivity (Wildman–Crippen MR) is 140 cm³/mol. The largest absolute Gasteiger partial charge is 0.493 e. The SMILES string of the molecule is CCOC(=O)COc1c(Br)cc(/C=C2\SC(=O)N(CC(=O)Nc3ccc(C)c(Cl)c3)C2=O)cc1OC. The molecule has 36 heavy (non-hydrogen) atoms. The summed E-state index contributed by atoms with van der Waals surface area (Å²) >= 11 is 10.2. The zero-order valence-electron chi connectivity index (χ0n) is 19.6. The number of rotatable bonds is 9. The van der Waals surface area contributed by atoms with Gasteiger partial charge in [0.05, 0.1) is 23.1 Å². The van der Waals surface area contributed by atoms with Crippen molar-refractivity contribution in [3.63, 3.8) is 0 Å². The summed E-state index contributed by atoms with van der Waals surface area (Å²) in [5.41, 5.74) is 1.85. The zero-order valence-corrected chi connectivity index (χ0v) is 22.7. The van der Waals surface area contributed by atoms with Crippen LogP contribution in [0.2, 0.25) is 5.02 Å². The standard InChI is InChI=1S/C24H22BrClN2O7S/c1-4-34-21(30)12-35-22-16(25)7-14(8-18(22)33-3)9-19-23(31)28(24(32)36-19)11-20(29)27-15-6-5-13(2)17(26)10-15/h5-10H,4,11-12H2,1-3H3,(H,27,29)/b19-9-.